The van der Waals surface area contributed by atoms with Crippen LogP contribution in [0.15, 0.2) is 30.3 Å². The van der Waals surface area contributed by atoms with Gasteiger partial charge in [0.15, 0.2) is 0 Å². The van der Waals surface area contributed by atoms with Crippen molar-refractivity contribution in [2.24, 2.45) is 5.92 Å². The zero-order valence-electron chi connectivity index (χ0n) is 13.4. The van der Waals surface area contributed by atoms with Crippen LogP contribution in [0.3, 0.4) is 0 Å². The maximum absolute atomic E-state index is 12.8. The third-order valence-electron chi connectivity index (χ3n) is 4.35. The van der Waals surface area contributed by atoms with E-state index in [4.69, 9.17) is 0 Å². The van der Waals surface area contributed by atoms with Crippen LogP contribution in [0.1, 0.15) is 31.2 Å². The predicted molar refractivity (Wildman–Crippen MR) is 84.5 cm³/mol. The minimum absolute atomic E-state index is 0.0839. The number of carbonyl (C=O) groups excluding carboxylic acids is 1. The number of nitrogens with one attached hydrogen (secondary N) is 2. The molecule has 1 aromatic rings. The highest BCUT2D eigenvalue weighted by molar-refractivity contribution is 5.74. The first kappa shape index (κ1) is 18.6. The Morgan fingerprint density at radius 3 is 2.58 bits per heavy atom. The highest BCUT2D eigenvalue weighted by atomic mass is 19.4. The van der Waals surface area contributed by atoms with Crippen LogP contribution in [-0.2, 0) is 6.42 Å². The quantitative estimate of drug-likeness (QED) is 0.769. The molecule has 1 aliphatic rings. The molecule has 134 valence electrons. The lowest BCUT2D eigenvalue weighted by atomic mass is 9.85. The van der Waals surface area contributed by atoms with Gasteiger partial charge in [0.2, 0.25) is 0 Å². The average Bonchev–Trinajstić information content (AvgIpc) is 2.54. The van der Waals surface area contributed by atoms with Gasteiger partial charge in [-0.15, -0.1) is 0 Å². The van der Waals surface area contributed by atoms with E-state index in [1.807, 2.05) is 30.3 Å². The molecule has 0 aliphatic heterocycles. The van der Waals surface area contributed by atoms with E-state index < -0.39 is 30.2 Å². The van der Waals surface area contributed by atoms with Gasteiger partial charge < -0.3 is 15.7 Å². The van der Waals surface area contributed by atoms with Crippen molar-refractivity contribution in [3.05, 3.63) is 35.9 Å². The molecule has 7 heteroatoms. The Labute approximate surface area is 139 Å². The van der Waals surface area contributed by atoms with Gasteiger partial charge in [-0.25, -0.2) is 4.79 Å². The third kappa shape index (κ3) is 5.70. The molecule has 2 amide bonds. The summed E-state index contributed by atoms with van der Waals surface area (Å²) < 4.78 is 38.4. The van der Waals surface area contributed by atoms with Crippen LogP contribution < -0.4 is 10.6 Å². The molecule has 0 bridgehead atoms. The zero-order chi connectivity index (χ0) is 17.6. The molecule has 0 unspecified atom stereocenters. The molecule has 0 radical (unpaired) electrons. The number of amides is 2. The second-order valence-electron chi connectivity index (χ2n) is 6.29. The zero-order valence-corrected chi connectivity index (χ0v) is 13.4. The summed E-state index contributed by atoms with van der Waals surface area (Å²) in [6.45, 7) is -0.238. The Bertz CT molecular complexity index is 522. The molecule has 0 spiro atoms. The van der Waals surface area contributed by atoms with Crippen molar-refractivity contribution in [1.82, 2.24) is 10.6 Å². The molecular weight excluding hydrogens is 321 g/mol. The summed E-state index contributed by atoms with van der Waals surface area (Å²) >= 11 is 0. The number of aliphatic hydroxyl groups excluding tert-OH is 1. The predicted octanol–water partition coefficient (Wildman–Crippen LogP) is 3.01. The van der Waals surface area contributed by atoms with E-state index in [0.717, 1.165) is 5.56 Å². The number of benzene rings is 1. The molecule has 1 aliphatic carbocycles. The van der Waals surface area contributed by atoms with Crippen LogP contribution in [0.25, 0.3) is 0 Å². The first-order valence-electron chi connectivity index (χ1n) is 8.17. The highest BCUT2D eigenvalue weighted by Crippen LogP contribution is 2.37. The van der Waals surface area contributed by atoms with Gasteiger partial charge in [0.05, 0.1) is 18.6 Å². The number of carbonyl (C=O) groups is 1. The average molecular weight is 344 g/mol. The second-order valence-corrected chi connectivity index (χ2v) is 6.29. The molecule has 1 saturated carbocycles. The standard InChI is InChI=1S/C17H23F3N2O2/c18-17(19,20)13-7-4-8-14(10-13)21-16(24)22-15(11-23)9-12-5-2-1-3-6-12/h1-3,5-6,13-15,23H,4,7-11H2,(H2,21,22,24)/t13-,14-,15+/m1/s1. The summed E-state index contributed by atoms with van der Waals surface area (Å²) in [7, 11) is 0. The van der Waals surface area contributed by atoms with Gasteiger partial charge in [-0.2, -0.15) is 13.2 Å². The summed E-state index contributed by atoms with van der Waals surface area (Å²) in [5.74, 6) is -1.35. The Kier molecular flexibility index (Phi) is 6.48. The lowest BCUT2D eigenvalue weighted by Crippen LogP contribution is -2.50. The summed E-state index contributed by atoms with van der Waals surface area (Å²) in [5.41, 5.74) is 0.964. The first-order valence-corrected chi connectivity index (χ1v) is 8.17. The topological polar surface area (TPSA) is 61.4 Å². The lowest BCUT2D eigenvalue weighted by molar-refractivity contribution is -0.183. The SMILES string of the molecule is O=C(N[C@H](CO)Cc1ccccc1)N[C@@H]1CCC[C@@H](C(F)(F)F)C1. The van der Waals surface area contributed by atoms with Crippen LogP contribution in [0, 0.1) is 5.92 Å². The van der Waals surface area contributed by atoms with Gasteiger partial charge in [0, 0.05) is 6.04 Å². The van der Waals surface area contributed by atoms with E-state index in [1.54, 1.807) is 0 Å². The normalized spacial score (nSPS) is 22.7. The number of alkyl halides is 3. The molecule has 2 rings (SSSR count). The first-order chi connectivity index (χ1) is 11.4. The number of halogens is 3. The Hall–Kier alpha value is -1.76. The number of aliphatic hydroxyl groups is 1. The van der Waals surface area contributed by atoms with Crippen molar-refractivity contribution in [2.75, 3.05) is 6.61 Å². The molecule has 1 fully saturated rings. The molecule has 4 nitrogen and oxygen atoms in total. The van der Waals surface area contributed by atoms with Gasteiger partial charge >= 0.3 is 12.2 Å². The molecule has 1 aromatic carbocycles. The smallest absolute Gasteiger partial charge is 0.391 e. The largest absolute Gasteiger partial charge is 0.394 e. The van der Waals surface area contributed by atoms with Gasteiger partial charge in [-0.1, -0.05) is 36.8 Å². The van der Waals surface area contributed by atoms with E-state index in [9.17, 15) is 23.1 Å². The fraction of sp³-hybridized carbons (Fsp3) is 0.588. The summed E-state index contributed by atoms with van der Waals surface area (Å²) in [6.07, 6.45) is -2.72. The number of rotatable bonds is 5. The number of urea groups is 1. The summed E-state index contributed by atoms with van der Waals surface area (Å²) in [6, 6.07) is 7.88. The highest BCUT2D eigenvalue weighted by Gasteiger charge is 2.42. The third-order valence-corrected chi connectivity index (χ3v) is 4.35. The summed E-state index contributed by atoms with van der Waals surface area (Å²) in [4.78, 5) is 12.0. The monoisotopic (exact) mass is 344 g/mol. The molecule has 3 atom stereocenters. The second kappa shape index (κ2) is 8.37. The Morgan fingerprint density at radius 1 is 1.25 bits per heavy atom. The van der Waals surface area contributed by atoms with E-state index >= 15 is 0 Å². The van der Waals surface area contributed by atoms with Crippen LogP contribution in [-0.4, -0.2) is 36.0 Å². The van der Waals surface area contributed by atoms with Crippen molar-refractivity contribution in [2.45, 2.75) is 50.4 Å². The molecule has 0 aromatic heterocycles. The Balaban J connectivity index is 1.83. The maximum Gasteiger partial charge on any atom is 0.391 e. The lowest BCUT2D eigenvalue weighted by Gasteiger charge is -2.31. The van der Waals surface area contributed by atoms with E-state index in [-0.39, 0.29) is 19.4 Å². The molecule has 3 N–H and O–H groups in total. The Morgan fingerprint density at radius 2 is 1.96 bits per heavy atom. The summed E-state index contributed by atoms with van der Waals surface area (Å²) in [5, 5.41) is 14.6. The van der Waals surface area contributed by atoms with E-state index in [2.05, 4.69) is 10.6 Å². The van der Waals surface area contributed by atoms with E-state index in [1.165, 1.54) is 0 Å². The van der Waals surface area contributed by atoms with Crippen LogP contribution >= 0.6 is 0 Å². The van der Waals surface area contributed by atoms with Crippen molar-refractivity contribution < 1.29 is 23.1 Å². The number of hydrogen-bond donors (Lipinski definition) is 3. The van der Waals surface area contributed by atoms with Crippen molar-refractivity contribution in [1.29, 1.82) is 0 Å². The molecule has 24 heavy (non-hydrogen) atoms. The van der Waals surface area contributed by atoms with Crippen LogP contribution in [0.5, 0.6) is 0 Å². The van der Waals surface area contributed by atoms with Crippen LogP contribution in [0.4, 0.5) is 18.0 Å². The minimum atomic E-state index is -4.21. The molecular formula is C17H23F3N2O2. The van der Waals surface area contributed by atoms with Crippen molar-refractivity contribution in [3.8, 4) is 0 Å². The van der Waals surface area contributed by atoms with Crippen molar-refractivity contribution in [3.63, 3.8) is 0 Å². The number of hydrogen-bond acceptors (Lipinski definition) is 2. The molecule has 0 saturated heterocycles. The van der Waals surface area contributed by atoms with E-state index in [0.29, 0.717) is 19.3 Å². The van der Waals surface area contributed by atoms with Crippen LogP contribution in [0.2, 0.25) is 0 Å². The van der Waals surface area contributed by atoms with Gasteiger partial charge in [-0.05, 0) is 31.2 Å². The van der Waals surface area contributed by atoms with Crippen molar-refractivity contribution >= 4 is 6.03 Å². The van der Waals surface area contributed by atoms with Gasteiger partial charge in [0.1, 0.15) is 0 Å². The fourth-order valence-electron chi connectivity index (χ4n) is 3.09. The minimum Gasteiger partial charge on any atom is -0.394 e. The maximum atomic E-state index is 12.8. The van der Waals surface area contributed by atoms with Gasteiger partial charge in [0.25, 0.3) is 0 Å². The molecule has 0 heterocycles. The van der Waals surface area contributed by atoms with Gasteiger partial charge in [-0.3, -0.25) is 0 Å². The fourth-order valence-corrected chi connectivity index (χ4v) is 3.09.